The van der Waals surface area contributed by atoms with Gasteiger partial charge in [0.15, 0.2) is 6.04 Å². The van der Waals surface area contributed by atoms with Crippen LogP contribution in [0.4, 0.5) is 0 Å². The molecule has 2 unspecified atom stereocenters. The molecule has 0 saturated heterocycles. The van der Waals surface area contributed by atoms with Crippen LogP contribution in [0.3, 0.4) is 0 Å². The number of rotatable bonds is 9. The van der Waals surface area contributed by atoms with Crippen LogP contribution in [0, 0.1) is 0 Å². The minimum absolute atomic E-state index is 0.0855. The van der Waals surface area contributed by atoms with Crippen molar-refractivity contribution in [2.45, 2.75) is 58.0 Å². The maximum atomic E-state index is 13.6. The number of hydrogen-bond acceptors (Lipinski definition) is 5. The van der Waals surface area contributed by atoms with E-state index in [1.165, 1.54) is 4.68 Å². The molecule has 0 fully saturated rings. The maximum absolute atomic E-state index is 13.6. The lowest BCUT2D eigenvalue weighted by atomic mass is 9.96. The Hall–Kier alpha value is -4.27. The Morgan fingerprint density at radius 2 is 1.78 bits per heavy atom. The summed E-state index contributed by atoms with van der Waals surface area (Å²) in [6, 6.07) is 14.9. The number of hydrogen-bond donors (Lipinski definition) is 2. The van der Waals surface area contributed by atoms with Crippen molar-refractivity contribution in [1.82, 2.24) is 30.0 Å². The normalized spacial score (nSPS) is 16.6. The standard InChI is InChI=1S/C28H30N6O3/c1-3-4-5-10-24-23(27(35)34-25(28(36)37)16-11-18(2)33(24)34)17-19-12-14-20(15-13-19)21-8-6-7-9-22(21)26-29-31-32-30-26/h6-9,11-16,18,25H,3-5,10,17H2,1-2H3,(H,36,37)(H,29,30,31,32). The fraction of sp³-hybridized carbons (Fsp3) is 0.321. The summed E-state index contributed by atoms with van der Waals surface area (Å²) in [4.78, 5) is 25.6. The number of carboxylic acid groups (broad SMARTS) is 1. The van der Waals surface area contributed by atoms with Gasteiger partial charge in [0.25, 0.3) is 5.56 Å². The van der Waals surface area contributed by atoms with Gasteiger partial charge in [0.05, 0.1) is 6.04 Å². The molecule has 37 heavy (non-hydrogen) atoms. The molecule has 9 nitrogen and oxygen atoms in total. The highest BCUT2D eigenvalue weighted by Crippen LogP contribution is 2.31. The molecule has 0 radical (unpaired) electrons. The van der Waals surface area contributed by atoms with E-state index >= 15 is 0 Å². The number of fused-ring (bicyclic) bond motifs is 1. The van der Waals surface area contributed by atoms with E-state index in [-0.39, 0.29) is 11.6 Å². The summed E-state index contributed by atoms with van der Waals surface area (Å²) < 4.78 is 3.33. The Morgan fingerprint density at radius 3 is 2.46 bits per heavy atom. The molecule has 3 heterocycles. The number of allylic oxidation sites excluding steroid dienone is 1. The number of aliphatic carboxylic acids is 1. The SMILES string of the molecule is CCCCCc1c(Cc2ccc(-c3ccccc3-c3nn[nH]n3)cc2)c(=O)n2n1C(C)C=CC2C(=O)O. The number of unbranched alkanes of at least 4 members (excludes halogenated alkanes) is 2. The van der Waals surface area contributed by atoms with E-state index < -0.39 is 12.0 Å². The van der Waals surface area contributed by atoms with Crippen LogP contribution >= 0.6 is 0 Å². The highest BCUT2D eigenvalue weighted by Gasteiger charge is 2.31. The van der Waals surface area contributed by atoms with Crippen molar-refractivity contribution >= 4 is 5.97 Å². The number of aromatic amines is 1. The van der Waals surface area contributed by atoms with Crippen molar-refractivity contribution < 1.29 is 9.90 Å². The molecule has 0 aliphatic carbocycles. The Kier molecular flexibility index (Phi) is 6.85. The van der Waals surface area contributed by atoms with E-state index in [1.807, 2.05) is 66.2 Å². The van der Waals surface area contributed by atoms with Crippen molar-refractivity contribution in [1.29, 1.82) is 0 Å². The molecule has 2 aromatic heterocycles. The fourth-order valence-corrected chi connectivity index (χ4v) is 5.14. The molecule has 5 rings (SSSR count). The van der Waals surface area contributed by atoms with Gasteiger partial charge < -0.3 is 5.11 Å². The summed E-state index contributed by atoms with van der Waals surface area (Å²) >= 11 is 0. The summed E-state index contributed by atoms with van der Waals surface area (Å²) in [6.45, 7) is 4.14. The van der Waals surface area contributed by atoms with Crippen LogP contribution in [0.25, 0.3) is 22.5 Å². The lowest BCUT2D eigenvalue weighted by Gasteiger charge is -2.26. The van der Waals surface area contributed by atoms with Crippen molar-refractivity contribution in [3.05, 3.63) is 87.9 Å². The van der Waals surface area contributed by atoms with Gasteiger partial charge in [-0.1, -0.05) is 80.4 Å². The van der Waals surface area contributed by atoms with E-state index in [4.69, 9.17) is 0 Å². The van der Waals surface area contributed by atoms with E-state index in [0.29, 0.717) is 17.8 Å². The summed E-state index contributed by atoms with van der Waals surface area (Å²) in [5.41, 5.74) is 5.25. The summed E-state index contributed by atoms with van der Waals surface area (Å²) in [5.74, 6) is -0.500. The highest BCUT2D eigenvalue weighted by molar-refractivity contribution is 5.80. The van der Waals surface area contributed by atoms with Gasteiger partial charge in [-0.05, 0) is 41.7 Å². The fourth-order valence-electron chi connectivity index (χ4n) is 5.14. The number of carboxylic acids is 1. The molecule has 0 bridgehead atoms. The first kappa shape index (κ1) is 24.4. The quantitative estimate of drug-likeness (QED) is 0.258. The largest absolute Gasteiger partial charge is 0.479 e. The zero-order valence-electron chi connectivity index (χ0n) is 21.0. The third-order valence-electron chi connectivity index (χ3n) is 6.97. The second-order valence-corrected chi connectivity index (χ2v) is 9.44. The number of aromatic nitrogens is 6. The van der Waals surface area contributed by atoms with Crippen LogP contribution in [-0.2, 0) is 17.6 Å². The molecule has 0 amide bonds. The first-order valence-corrected chi connectivity index (χ1v) is 12.7. The smallest absolute Gasteiger partial charge is 0.332 e. The predicted octanol–water partition coefficient (Wildman–Crippen LogP) is 4.58. The van der Waals surface area contributed by atoms with Crippen molar-refractivity contribution in [3.8, 4) is 22.5 Å². The highest BCUT2D eigenvalue weighted by atomic mass is 16.4. The average Bonchev–Trinajstić information content (AvgIpc) is 3.53. The summed E-state index contributed by atoms with van der Waals surface area (Å²) in [6.07, 6.45) is 7.75. The number of carbonyl (C=O) groups is 1. The van der Waals surface area contributed by atoms with Gasteiger partial charge in [0.2, 0.25) is 5.82 Å². The molecule has 2 atom stereocenters. The average molecular weight is 499 g/mol. The summed E-state index contributed by atoms with van der Waals surface area (Å²) in [7, 11) is 0. The number of benzene rings is 2. The third-order valence-corrected chi connectivity index (χ3v) is 6.97. The van der Waals surface area contributed by atoms with E-state index in [9.17, 15) is 14.7 Å². The summed E-state index contributed by atoms with van der Waals surface area (Å²) in [5, 5.41) is 24.2. The van der Waals surface area contributed by atoms with Gasteiger partial charge >= 0.3 is 5.97 Å². The lowest BCUT2D eigenvalue weighted by Crippen LogP contribution is -2.35. The second-order valence-electron chi connectivity index (χ2n) is 9.44. The van der Waals surface area contributed by atoms with Crippen LogP contribution in [0.1, 0.15) is 62.0 Å². The van der Waals surface area contributed by atoms with E-state index in [2.05, 4.69) is 27.5 Å². The van der Waals surface area contributed by atoms with Gasteiger partial charge in [-0.2, -0.15) is 5.21 Å². The zero-order valence-corrected chi connectivity index (χ0v) is 21.0. The molecule has 1 aliphatic heterocycles. The Balaban J connectivity index is 1.51. The molecular formula is C28H30N6O3. The Morgan fingerprint density at radius 1 is 1.03 bits per heavy atom. The van der Waals surface area contributed by atoms with Crippen LogP contribution in [0.15, 0.2) is 65.5 Å². The van der Waals surface area contributed by atoms with Crippen LogP contribution in [0.5, 0.6) is 0 Å². The van der Waals surface area contributed by atoms with Gasteiger partial charge in [-0.25, -0.2) is 9.48 Å². The molecule has 4 aromatic rings. The van der Waals surface area contributed by atoms with Crippen LogP contribution in [0.2, 0.25) is 0 Å². The van der Waals surface area contributed by atoms with Gasteiger partial charge in [0, 0.05) is 23.2 Å². The number of nitrogens with one attached hydrogen (secondary N) is 1. The number of tetrazole rings is 1. The van der Waals surface area contributed by atoms with E-state index in [0.717, 1.165) is 53.6 Å². The molecule has 2 aromatic carbocycles. The van der Waals surface area contributed by atoms with Crippen molar-refractivity contribution in [2.75, 3.05) is 0 Å². The monoisotopic (exact) mass is 498 g/mol. The number of H-pyrrole nitrogens is 1. The van der Waals surface area contributed by atoms with Crippen molar-refractivity contribution in [3.63, 3.8) is 0 Å². The Bertz CT molecular complexity index is 1480. The third kappa shape index (κ3) is 4.64. The predicted molar refractivity (Wildman–Crippen MR) is 140 cm³/mol. The molecule has 0 spiro atoms. The van der Waals surface area contributed by atoms with E-state index in [1.54, 1.807) is 6.08 Å². The zero-order chi connectivity index (χ0) is 25.9. The van der Waals surface area contributed by atoms with Crippen LogP contribution < -0.4 is 5.56 Å². The van der Waals surface area contributed by atoms with Gasteiger partial charge in [-0.3, -0.25) is 9.48 Å². The topological polar surface area (TPSA) is 119 Å². The maximum Gasteiger partial charge on any atom is 0.332 e. The molecule has 1 aliphatic rings. The number of nitrogens with zero attached hydrogens (tertiary/aromatic N) is 5. The lowest BCUT2D eigenvalue weighted by molar-refractivity contribution is -0.140. The first-order chi connectivity index (χ1) is 18.0. The first-order valence-electron chi connectivity index (χ1n) is 12.7. The minimum Gasteiger partial charge on any atom is -0.479 e. The molecule has 0 saturated carbocycles. The van der Waals surface area contributed by atoms with Crippen molar-refractivity contribution in [2.24, 2.45) is 0 Å². The second kappa shape index (κ2) is 10.4. The van der Waals surface area contributed by atoms with Gasteiger partial charge in [-0.15, -0.1) is 10.2 Å². The molecular weight excluding hydrogens is 468 g/mol. The van der Waals surface area contributed by atoms with Crippen LogP contribution in [-0.4, -0.2) is 41.1 Å². The Labute approximate surface area is 214 Å². The minimum atomic E-state index is -1.03. The molecule has 190 valence electrons. The molecule has 2 N–H and O–H groups in total. The van der Waals surface area contributed by atoms with Gasteiger partial charge in [0.1, 0.15) is 0 Å². The molecule has 9 heteroatoms.